The number of piperidine rings is 1. The molecule has 0 bridgehead atoms. The fourth-order valence-electron chi connectivity index (χ4n) is 2.67. The summed E-state index contributed by atoms with van der Waals surface area (Å²) in [7, 11) is 1.95. The molecule has 0 radical (unpaired) electrons. The number of hydrogen-bond acceptors (Lipinski definition) is 6. The van der Waals surface area contributed by atoms with E-state index in [1.54, 1.807) is 11.3 Å². The minimum Gasteiger partial charge on any atom is -0.341 e. The molecule has 1 aliphatic heterocycles. The van der Waals surface area contributed by atoms with Crippen molar-refractivity contribution in [1.82, 2.24) is 20.4 Å². The highest BCUT2D eigenvalue weighted by molar-refractivity contribution is 7.13. The molecule has 1 aliphatic rings. The minimum absolute atomic E-state index is 0.163. The van der Waals surface area contributed by atoms with Crippen molar-refractivity contribution < 1.29 is 9.32 Å². The van der Waals surface area contributed by atoms with Crippen LogP contribution < -0.4 is 5.32 Å². The number of nitrogens with zero attached hydrogens (tertiary/aromatic N) is 3. The van der Waals surface area contributed by atoms with E-state index in [0.29, 0.717) is 30.6 Å². The Bertz CT molecular complexity index is 611. The first-order valence-electron chi connectivity index (χ1n) is 7.58. The first kappa shape index (κ1) is 15.2. The molecule has 1 saturated heterocycles. The monoisotopic (exact) mass is 320 g/mol. The average molecular weight is 320 g/mol. The number of carbonyl (C=O) groups is 1. The summed E-state index contributed by atoms with van der Waals surface area (Å²) in [6.45, 7) is 1.64. The molecule has 1 amide bonds. The molecule has 0 saturated carbocycles. The van der Waals surface area contributed by atoms with E-state index in [1.165, 1.54) is 0 Å². The second kappa shape index (κ2) is 7.02. The second-order valence-corrected chi connectivity index (χ2v) is 6.40. The molecule has 2 aromatic rings. The lowest BCUT2D eigenvalue weighted by Crippen LogP contribution is -2.47. The van der Waals surface area contributed by atoms with E-state index in [4.69, 9.17) is 4.52 Å². The average Bonchev–Trinajstić information content (AvgIpc) is 3.23. The number of carbonyl (C=O) groups excluding carboxylic acids is 1. The zero-order chi connectivity index (χ0) is 15.4. The molecule has 1 fully saturated rings. The standard InChI is InChI=1S/C15H20N4O2S/c1-16-11-4-2-8-19(10-11)14(20)7-6-13-17-15(18-21-13)12-5-3-9-22-12/h3,5,9,11,16H,2,4,6-8,10H2,1H3. The first-order valence-corrected chi connectivity index (χ1v) is 8.45. The number of hydrogen-bond donors (Lipinski definition) is 1. The zero-order valence-electron chi connectivity index (χ0n) is 12.6. The van der Waals surface area contributed by atoms with Crippen LogP contribution in [-0.4, -0.2) is 47.1 Å². The molecule has 3 heterocycles. The van der Waals surface area contributed by atoms with Gasteiger partial charge in [0.05, 0.1) is 4.88 Å². The highest BCUT2D eigenvalue weighted by atomic mass is 32.1. The van der Waals surface area contributed by atoms with E-state index in [2.05, 4.69) is 15.5 Å². The number of likely N-dealkylation sites (tertiary alicyclic amines) is 1. The van der Waals surface area contributed by atoms with E-state index < -0.39 is 0 Å². The third-order valence-corrected chi connectivity index (χ3v) is 4.81. The van der Waals surface area contributed by atoms with Gasteiger partial charge in [0.25, 0.3) is 0 Å². The van der Waals surface area contributed by atoms with Crippen LogP contribution in [0.4, 0.5) is 0 Å². The van der Waals surface area contributed by atoms with Crippen LogP contribution in [0.25, 0.3) is 10.7 Å². The van der Waals surface area contributed by atoms with Crippen molar-refractivity contribution in [2.24, 2.45) is 0 Å². The third kappa shape index (κ3) is 3.53. The smallest absolute Gasteiger partial charge is 0.227 e. The van der Waals surface area contributed by atoms with E-state index >= 15 is 0 Å². The molecule has 7 heteroatoms. The van der Waals surface area contributed by atoms with Gasteiger partial charge in [0.15, 0.2) is 0 Å². The molecule has 0 aromatic carbocycles. The molecule has 1 atom stereocenters. The molecular weight excluding hydrogens is 300 g/mol. The van der Waals surface area contributed by atoms with Gasteiger partial charge in [0, 0.05) is 32.0 Å². The molecule has 118 valence electrons. The van der Waals surface area contributed by atoms with Crippen molar-refractivity contribution in [3.05, 3.63) is 23.4 Å². The van der Waals surface area contributed by atoms with Gasteiger partial charge in [0.2, 0.25) is 17.6 Å². The molecular formula is C15H20N4O2S. The van der Waals surface area contributed by atoms with Crippen molar-refractivity contribution >= 4 is 17.2 Å². The highest BCUT2D eigenvalue weighted by Crippen LogP contribution is 2.21. The maximum absolute atomic E-state index is 12.3. The van der Waals surface area contributed by atoms with Gasteiger partial charge in [-0.05, 0) is 31.3 Å². The molecule has 1 N–H and O–H groups in total. The summed E-state index contributed by atoms with van der Waals surface area (Å²) in [6.07, 6.45) is 3.11. The van der Waals surface area contributed by atoms with Crippen LogP contribution in [-0.2, 0) is 11.2 Å². The van der Waals surface area contributed by atoms with E-state index in [1.807, 2.05) is 29.5 Å². The van der Waals surface area contributed by atoms with Crippen LogP contribution in [0.1, 0.15) is 25.2 Å². The Morgan fingerprint density at radius 3 is 3.27 bits per heavy atom. The molecule has 1 unspecified atom stereocenters. The summed E-state index contributed by atoms with van der Waals surface area (Å²) < 4.78 is 5.23. The third-order valence-electron chi connectivity index (χ3n) is 3.94. The summed E-state index contributed by atoms with van der Waals surface area (Å²) >= 11 is 1.57. The van der Waals surface area contributed by atoms with Crippen LogP contribution in [0.15, 0.2) is 22.0 Å². The fourth-order valence-corrected chi connectivity index (χ4v) is 3.32. The summed E-state index contributed by atoms with van der Waals surface area (Å²) in [4.78, 5) is 19.5. The van der Waals surface area contributed by atoms with Crippen molar-refractivity contribution in [1.29, 1.82) is 0 Å². The number of aryl methyl sites for hydroxylation is 1. The van der Waals surface area contributed by atoms with Gasteiger partial charge in [-0.1, -0.05) is 11.2 Å². The van der Waals surface area contributed by atoms with E-state index in [-0.39, 0.29) is 5.91 Å². The number of rotatable bonds is 5. The Balaban J connectivity index is 1.53. The quantitative estimate of drug-likeness (QED) is 0.911. The normalized spacial score (nSPS) is 18.6. The second-order valence-electron chi connectivity index (χ2n) is 5.46. The highest BCUT2D eigenvalue weighted by Gasteiger charge is 2.22. The SMILES string of the molecule is CNC1CCCN(C(=O)CCc2nc(-c3cccs3)no2)C1. The Kier molecular flexibility index (Phi) is 4.84. The van der Waals surface area contributed by atoms with Gasteiger partial charge in [-0.25, -0.2) is 0 Å². The fraction of sp³-hybridized carbons (Fsp3) is 0.533. The summed E-state index contributed by atoms with van der Waals surface area (Å²) in [5.41, 5.74) is 0. The first-order chi connectivity index (χ1) is 10.8. The molecule has 3 rings (SSSR count). The number of likely N-dealkylation sites (N-methyl/N-ethyl adjacent to an activating group) is 1. The lowest BCUT2D eigenvalue weighted by Gasteiger charge is -2.32. The number of amides is 1. The maximum atomic E-state index is 12.3. The predicted octanol–water partition coefficient (Wildman–Crippen LogP) is 1.94. The predicted molar refractivity (Wildman–Crippen MR) is 84.6 cm³/mol. The van der Waals surface area contributed by atoms with Gasteiger partial charge >= 0.3 is 0 Å². The van der Waals surface area contributed by atoms with E-state index in [0.717, 1.165) is 30.8 Å². The molecule has 0 aliphatic carbocycles. The summed E-state index contributed by atoms with van der Waals surface area (Å²) in [5, 5.41) is 9.19. The zero-order valence-corrected chi connectivity index (χ0v) is 13.4. The van der Waals surface area contributed by atoms with Gasteiger partial charge in [0.1, 0.15) is 0 Å². The maximum Gasteiger partial charge on any atom is 0.227 e. The molecule has 22 heavy (non-hydrogen) atoms. The Labute approximate surface area is 133 Å². The molecule has 0 spiro atoms. The Hall–Kier alpha value is -1.73. The van der Waals surface area contributed by atoms with Gasteiger partial charge in [-0.2, -0.15) is 4.98 Å². The largest absolute Gasteiger partial charge is 0.341 e. The van der Waals surface area contributed by atoms with Crippen molar-refractivity contribution in [2.75, 3.05) is 20.1 Å². The van der Waals surface area contributed by atoms with Crippen LogP contribution >= 0.6 is 11.3 Å². The Morgan fingerprint density at radius 2 is 2.50 bits per heavy atom. The minimum atomic E-state index is 0.163. The van der Waals surface area contributed by atoms with Crippen LogP contribution in [0.3, 0.4) is 0 Å². The van der Waals surface area contributed by atoms with Crippen molar-refractivity contribution in [2.45, 2.75) is 31.7 Å². The summed E-state index contributed by atoms with van der Waals surface area (Å²) in [5.74, 6) is 1.29. The lowest BCUT2D eigenvalue weighted by atomic mass is 10.1. The Morgan fingerprint density at radius 1 is 1.59 bits per heavy atom. The van der Waals surface area contributed by atoms with Crippen LogP contribution in [0.5, 0.6) is 0 Å². The summed E-state index contributed by atoms with van der Waals surface area (Å²) in [6, 6.07) is 4.32. The molecule has 2 aromatic heterocycles. The van der Waals surface area contributed by atoms with Crippen molar-refractivity contribution in [3.8, 4) is 10.7 Å². The molecule has 6 nitrogen and oxygen atoms in total. The van der Waals surface area contributed by atoms with Gasteiger partial charge in [-0.3, -0.25) is 4.79 Å². The number of nitrogens with one attached hydrogen (secondary N) is 1. The topological polar surface area (TPSA) is 71.3 Å². The van der Waals surface area contributed by atoms with Crippen LogP contribution in [0.2, 0.25) is 0 Å². The van der Waals surface area contributed by atoms with E-state index in [9.17, 15) is 4.79 Å². The number of thiophene rings is 1. The number of aromatic nitrogens is 2. The van der Waals surface area contributed by atoms with Crippen LogP contribution in [0, 0.1) is 0 Å². The van der Waals surface area contributed by atoms with Crippen molar-refractivity contribution in [3.63, 3.8) is 0 Å². The van der Waals surface area contributed by atoms with Gasteiger partial charge in [-0.15, -0.1) is 11.3 Å². The van der Waals surface area contributed by atoms with Gasteiger partial charge < -0.3 is 14.7 Å². The lowest BCUT2D eigenvalue weighted by molar-refractivity contribution is -0.132.